The smallest absolute Gasteiger partial charge is 0.254 e. The molecule has 19 heavy (non-hydrogen) atoms. The normalized spacial score (nSPS) is 18.7. The number of hydrogen-bond donors (Lipinski definition) is 0. The number of carbonyl (C=O) groups is 1. The lowest BCUT2D eigenvalue weighted by atomic mass is 10.0. The monoisotopic (exact) mass is 271 g/mol. The van der Waals surface area contributed by atoms with Crippen LogP contribution in [0.4, 0.5) is 0 Å². The third-order valence-electron chi connectivity index (χ3n) is 3.72. The first-order valence-corrected chi connectivity index (χ1v) is 7.66. The summed E-state index contributed by atoms with van der Waals surface area (Å²) in [5, 5.41) is 3.91. The highest BCUT2D eigenvalue weighted by molar-refractivity contribution is 7.08. The summed E-state index contributed by atoms with van der Waals surface area (Å²) < 4.78 is 0. The molecule has 1 aromatic heterocycles. The summed E-state index contributed by atoms with van der Waals surface area (Å²) in [7, 11) is 0. The fourth-order valence-corrected chi connectivity index (χ4v) is 3.38. The lowest BCUT2D eigenvalue weighted by Gasteiger charge is -2.24. The summed E-state index contributed by atoms with van der Waals surface area (Å²) in [4.78, 5) is 14.5. The molecule has 1 atom stereocenters. The molecule has 2 heterocycles. The molecule has 1 fully saturated rings. The van der Waals surface area contributed by atoms with Crippen molar-refractivity contribution in [1.29, 1.82) is 0 Å². The number of rotatable bonds is 3. The van der Waals surface area contributed by atoms with Crippen LogP contribution in [0.25, 0.3) is 0 Å². The Morgan fingerprint density at radius 3 is 2.84 bits per heavy atom. The second-order valence-electron chi connectivity index (χ2n) is 5.00. The first-order valence-electron chi connectivity index (χ1n) is 6.71. The Bertz CT molecular complexity index is 535. The quantitative estimate of drug-likeness (QED) is 0.835. The first kappa shape index (κ1) is 12.4. The van der Waals surface area contributed by atoms with Gasteiger partial charge in [0.2, 0.25) is 0 Å². The highest BCUT2D eigenvalue weighted by Crippen LogP contribution is 2.24. The molecule has 3 heteroatoms. The summed E-state index contributed by atoms with van der Waals surface area (Å²) in [6, 6.07) is 12.7. The van der Waals surface area contributed by atoms with Crippen molar-refractivity contribution in [2.75, 3.05) is 6.54 Å². The highest BCUT2D eigenvalue weighted by atomic mass is 32.1. The Balaban J connectivity index is 1.73. The number of carbonyl (C=O) groups excluding carboxylic acids is 1. The minimum Gasteiger partial charge on any atom is -0.335 e. The highest BCUT2D eigenvalue weighted by Gasteiger charge is 2.29. The van der Waals surface area contributed by atoms with Crippen molar-refractivity contribution in [3.8, 4) is 0 Å². The molecule has 0 N–H and O–H groups in total. The van der Waals surface area contributed by atoms with E-state index >= 15 is 0 Å². The number of thiophene rings is 1. The molecule has 2 nitrogen and oxygen atoms in total. The summed E-state index contributed by atoms with van der Waals surface area (Å²) in [6.07, 6.45) is 3.20. The molecule has 1 amide bonds. The standard InChI is InChI=1S/C16H17NOS/c18-16(14-8-10-19-12-14)17-9-4-7-15(17)11-13-5-2-1-3-6-13/h1-3,5-6,8,10,12,15H,4,7,9,11H2. The van der Waals surface area contributed by atoms with E-state index in [1.54, 1.807) is 11.3 Å². The van der Waals surface area contributed by atoms with Crippen molar-refractivity contribution in [1.82, 2.24) is 4.90 Å². The molecule has 1 aliphatic heterocycles. The van der Waals surface area contributed by atoms with Gasteiger partial charge in [-0.2, -0.15) is 11.3 Å². The predicted molar refractivity (Wildman–Crippen MR) is 78.5 cm³/mol. The van der Waals surface area contributed by atoms with Gasteiger partial charge in [-0.3, -0.25) is 4.79 Å². The number of benzene rings is 1. The van der Waals surface area contributed by atoms with Gasteiger partial charge in [0, 0.05) is 18.0 Å². The van der Waals surface area contributed by atoms with E-state index in [2.05, 4.69) is 29.2 Å². The summed E-state index contributed by atoms with van der Waals surface area (Å²) >= 11 is 1.58. The lowest BCUT2D eigenvalue weighted by molar-refractivity contribution is 0.0737. The maximum absolute atomic E-state index is 12.4. The molecule has 0 aliphatic carbocycles. The molecule has 1 aromatic carbocycles. The van der Waals surface area contributed by atoms with Crippen LogP contribution in [0.2, 0.25) is 0 Å². The van der Waals surface area contributed by atoms with Gasteiger partial charge in [-0.25, -0.2) is 0 Å². The van der Waals surface area contributed by atoms with Crippen LogP contribution in [0, 0.1) is 0 Å². The van der Waals surface area contributed by atoms with E-state index in [0.717, 1.165) is 31.4 Å². The third kappa shape index (κ3) is 2.71. The van der Waals surface area contributed by atoms with Gasteiger partial charge in [0.1, 0.15) is 0 Å². The molecule has 3 rings (SSSR count). The molecule has 1 aliphatic rings. The number of hydrogen-bond acceptors (Lipinski definition) is 2. The van der Waals surface area contributed by atoms with Gasteiger partial charge in [-0.15, -0.1) is 0 Å². The van der Waals surface area contributed by atoms with E-state index in [1.165, 1.54) is 5.56 Å². The molecule has 0 spiro atoms. The summed E-state index contributed by atoms with van der Waals surface area (Å²) in [5.41, 5.74) is 2.16. The maximum atomic E-state index is 12.4. The lowest BCUT2D eigenvalue weighted by Crippen LogP contribution is -2.36. The molecule has 0 radical (unpaired) electrons. The van der Waals surface area contributed by atoms with Gasteiger partial charge < -0.3 is 4.90 Å². The minimum atomic E-state index is 0.194. The molecule has 2 aromatic rings. The van der Waals surface area contributed by atoms with Gasteiger partial charge >= 0.3 is 0 Å². The zero-order valence-electron chi connectivity index (χ0n) is 10.8. The molecule has 98 valence electrons. The van der Waals surface area contributed by atoms with E-state index in [-0.39, 0.29) is 5.91 Å². The Hall–Kier alpha value is -1.61. The van der Waals surface area contributed by atoms with Crippen molar-refractivity contribution in [2.45, 2.75) is 25.3 Å². The van der Waals surface area contributed by atoms with Crippen LogP contribution < -0.4 is 0 Å². The van der Waals surface area contributed by atoms with E-state index in [9.17, 15) is 4.79 Å². The summed E-state index contributed by atoms with van der Waals surface area (Å²) in [6.45, 7) is 0.895. The Morgan fingerprint density at radius 1 is 1.26 bits per heavy atom. The molecule has 1 saturated heterocycles. The maximum Gasteiger partial charge on any atom is 0.254 e. The van der Waals surface area contributed by atoms with Crippen LogP contribution in [0.3, 0.4) is 0 Å². The third-order valence-corrected chi connectivity index (χ3v) is 4.40. The largest absolute Gasteiger partial charge is 0.335 e. The van der Waals surface area contributed by atoms with Gasteiger partial charge in [0.25, 0.3) is 5.91 Å². The number of likely N-dealkylation sites (tertiary alicyclic amines) is 1. The van der Waals surface area contributed by atoms with E-state index in [0.29, 0.717) is 6.04 Å². The summed E-state index contributed by atoms with van der Waals surface area (Å²) in [5.74, 6) is 0.194. The van der Waals surface area contributed by atoms with Crippen molar-refractivity contribution in [3.63, 3.8) is 0 Å². The predicted octanol–water partition coefficient (Wildman–Crippen LogP) is 3.60. The Morgan fingerprint density at radius 2 is 2.11 bits per heavy atom. The average Bonchev–Trinajstić information content (AvgIpc) is 3.10. The van der Waals surface area contributed by atoms with E-state index < -0.39 is 0 Å². The second-order valence-corrected chi connectivity index (χ2v) is 5.78. The van der Waals surface area contributed by atoms with Gasteiger partial charge in [0.15, 0.2) is 0 Å². The Labute approximate surface area is 117 Å². The van der Waals surface area contributed by atoms with Crippen LogP contribution in [0.5, 0.6) is 0 Å². The van der Waals surface area contributed by atoms with Gasteiger partial charge in [-0.1, -0.05) is 30.3 Å². The minimum absolute atomic E-state index is 0.194. The van der Waals surface area contributed by atoms with Crippen molar-refractivity contribution in [3.05, 3.63) is 58.3 Å². The van der Waals surface area contributed by atoms with Crippen LogP contribution in [-0.4, -0.2) is 23.4 Å². The number of amides is 1. The number of nitrogens with zero attached hydrogens (tertiary/aromatic N) is 1. The van der Waals surface area contributed by atoms with E-state index in [1.807, 2.05) is 22.9 Å². The molecular formula is C16H17NOS. The fourth-order valence-electron chi connectivity index (χ4n) is 2.75. The van der Waals surface area contributed by atoms with Gasteiger partial charge in [-0.05, 0) is 36.3 Å². The second kappa shape index (κ2) is 5.57. The average molecular weight is 271 g/mol. The zero-order valence-corrected chi connectivity index (χ0v) is 11.6. The van der Waals surface area contributed by atoms with Crippen molar-refractivity contribution >= 4 is 17.2 Å². The van der Waals surface area contributed by atoms with Crippen LogP contribution in [0.15, 0.2) is 47.2 Å². The fraction of sp³-hybridized carbons (Fsp3) is 0.312. The Kier molecular flexibility index (Phi) is 3.65. The van der Waals surface area contributed by atoms with Crippen LogP contribution >= 0.6 is 11.3 Å². The SMILES string of the molecule is O=C(c1ccsc1)N1CCCC1Cc1ccccc1. The van der Waals surface area contributed by atoms with Crippen molar-refractivity contribution in [2.24, 2.45) is 0 Å². The topological polar surface area (TPSA) is 20.3 Å². The van der Waals surface area contributed by atoms with Crippen LogP contribution in [0.1, 0.15) is 28.8 Å². The van der Waals surface area contributed by atoms with Crippen LogP contribution in [-0.2, 0) is 6.42 Å². The zero-order chi connectivity index (χ0) is 13.1. The molecular weight excluding hydrogens is 254 g/mol. The molecule has 0 bridgehead atoms. The van der Waals surface area contributed by atoms with Crippen molar-refractivity contribution < 1.29 is 4.79 Å². The first-order chi connectivity index (χ1) is 9.34. The molecule has 1 unspecified atom stereocenters. The van der Waals surface area contributed by atoms with Gasteiger partial charge in [0.05, 0.1) is 5.56 Å². The molecule has 0 saturated carbocycles. The van der Waals surface area contributed by atoms with E-state index in [4.69, 9.17) is 0 Å².